The number of nitrogens with zero attached hydrogens (tertiary/aromatic N) is 6. The number of halogens is 3. The third-order valence-corrected chi connectivity index (χ3v) is 7.12. The molecule has 2 aromatic heterocycles. The second kappa shape index (κ2) is 7.84. The molecule has 0 radical (unpaired) electrons. The van der Waals surface area contributed by atoms with Crippen LogP contribution < -0.4 is 4.90 Å². The number of aryl methyl sites for hydroxylation is 1. The Labute approximate surface area is 199 Å². The lowest BCUT2D eigenvalue weighted by molar-refractivity contribution is -0.141. The summed E-state index contributed by atoms with van der Waals surface area (Å²) >= 11 is 0. The van der Waals surface area contributed by atoms with Crippen molar-refractivity contribution in [1.29, 1.82) is 0 Å². The molecule has 11 heteroatoms. The highest BCUT2D eigenvalue weighted by Gasteiger charge is 2.38. The molecule has 6 rings (SSSR count). The van der Waals surface area contributed by atoms with Gasteiger partial charge in [-0.05, 0) is 29.7 Å². The zero-order valence-corrected chi connectivity index (χ0v) is 19.5. The molecule has 0 unspecified atom stereocenters. The molecule has 1 amide bonds. The summed E-state index contributed by atoms with van der Waals surface area (Å²) in [5.74, 6) is 0.853. The van der Waals surface area contributed by atoms with Gasteiger partial charge in [0.1, 0.15) is 0 Å². The number of rotatable bonds is 3. The van der Waals surface area contributed by atoms with Gasteiger partial charge < -0.3 is 14.5 Å². The number of carbonyl (C=O) groups is 1. The SMILES string of the molecule is CC(=O)N1CCc2c(c(N3CCc4cc(-c5cn(C)nc5C(F)(F)F)ccc43)nn2C2COC2)C1. The lowest BCUT2D eigenvalue weighted by atomic mass is 10.0. The first-order chi connectivity index (χ1) is 16.7. The van der Waals surface area contributed by atoms with Crippen LogP contribution in [0.3, 0.4) is 0 Å². The minimum atomic E-state index is -4.53. The highest BCUT2D eigenvalue weighted by atomic mass is 19.4. The van der Waals surface area contributed by atoms with E-state index in [1.54, 1.807) is 13.0 Å². The third kappa shape index (κ3) is 3.60. The second-order valence-electron chi connectivity index (χ2n) is 9.38. The van der Waals surface area contributed by atoms with E-state index in [0.29, 0.717) is 44.8 Å². The summed E-state index contributed by atoms with van der Waals surface area (Å²) in [5.41, 5.74) is 3.77. The molecule has 0 bridgehead atoms. The summed E-state index contributed by atoms with van der Waals surface area (Å²) in [6, 6.07) is 5.60. The maximum atomic E-state index is 13.5. The minimum absolute atomic E-state index is 0.0322. The number of amides is 1. The van der Waals surface area contributed by atoms with Crippen LogP contribution in [0.5, 0.6) is 0 Å². The summed E-state index contributed by atoms with van der Waals surface area (Å²) in [6.45, 7) is 4.65. The highest BCUT2D eigenvalue weighted by molar-refractivity contribution is 5.77. The first-order valence-corrected chi connectivity index (χ1v) is 11.7. The molecule has 1 fully saturated rings. The van der Waals surface area contributed by atoms with Crippen LogP contribution in [-0.2, 0) is 42.1 Å². The number of aromatic nitrogens is 4. The molecular weight excluding hydrogens is 461 g/mol. The van der Waals surface area contributed by atoms with Gasteiger partial charge in [0.25, 0.3) is 0 Å². The molecule has 3 aliphatic heterocycles. The first kappa shape index (κ1) is 22.1. The fraction of sp³-hybridized carbons (Fsp3) is 0.458. The fourth-order valence-corrected chi connectivity index (χ4v) is 5.28. The van der Waals surface area contributed by atoms with E-state index in [1.807, 2.05) is 17.0 Å². The molecule has 0 saturated carbocycles. The number of alkyl halides is 3. The van der Waals surface area contributed by atoms with E-state index in [2.05, 4.69) is 14.7 Å². The lowest BCUT2D eigenvalue weighted by Crippen LogP contribution is -2.37. The monoisotopic (exact) mass is 486 g/mol. The van der Waals surface area contributed by atoms with E-state index < -0.39 is 11.9 Å². The number of fused-ring (bicyclic) bond motifs is 2. The normalized spacial score (nSPS) is 18.0. The van der Waals surface area contributed by atoms with Crippen LogP contribution in [0.15, 0.2) is 24.4 Å². The van der Waals surface area contributed by atoms with E-state index in [1.165, 1.54) is 17.9 Å². The first-order valence-electron chi connectivity index (χ1n) is 11.7. The number of hydrogen-bond donors (Lipinski definition) is 0. The minimum Gasteiger partial charge on any atom is -0.377 e. The van der Waals surface area contributed by atoms with Gasteiger partial charge in [-0.25, -0.2) is 0 Å². The predicted octanol–water partition coefficient (Wildman–Crippen LogP) is 3.47. The molecule has 0 atom stereocenters. The number of benzene rings is 1. The van der Waals surface area contributed by atoms with Crippen molar-refractivity contribution in [2.75, 3.05) is 31.2 Å². The molecule has 8 nitrogen and oxygen atoms in total. The van der Waals surface area contributed by atoms with Gasteiger partial charge in [0, 0.05) is 62.2 Å². The summed E-state index contributed by atoms with van der Waals surface area (Å²) in [5, 5.41) is 8.62. The summed E-state index contributed by atoms with van der Waals surface area (Å²) in [6.07, 6.45) is -1.69. The molecule has 184 valence electrons. The van der Waals surface area contributed by atoms with Crippen LogP contribution in [0.2, 0.25) is 0 Å². The standard InChI is InChI=1S/C24H25F3N6O2/c1-14(34)31-7-6-21-19(11-31)23(29-33(21)17-12-35-13-17)32-8-5-16-9-15(3-4-20(16)32)18-10-30(2)28-22(18)24(25,26)27/h3-4,9-10,17H,5-8,11-13H2,1-2H3. The van der Waals surface area contributed by atoms with E-state index >= 15 is 0 Å². The zero-order valence-electron chi connectivity index (χ0n) is 19.5. The van der Waals surface area contributed by atoms with Crippen molar-refractivity contribution in [2.45, 2.75) is 38.5 Å². The van der Waals surface area contributed by atoms with E-state index in [9.17, 15) is 18.0 Å². The molecule has 3 aromatic rings. The molecule has 0 spiro atoms. The van der Waals surface area contributed by atoms with Gasteiger partial charge in [-0.1, -0.05) is 6.07 Å². The van der Waals surface area contributed by atoms with Crippen LogP contribution in [0.1, 0.15) is 35.5 Å². The Morgan fingerprint density at radius 2 is 1.94 bits per heavy atom. The van der Waals surface area contributed by atoms with Crippen LogP contribution >= 0.6 is 0 Å². The molecule has 3 aliphatic rings. The number of ether oxygens (including phenoxy) is 1. The van der Waals surface area contributed by atoms with Gasteiger partial charge >= 0.3 is 6.18 Å². The molecular formula is C24H25F3N6O2. The Hall–Kier alpha value is -3.34. The van der Waals surface area contributed by atoms with Gasteiger partial charge in [0.2, 0.25) is 5.91 Å². The van der Waals surface area contributed by atoms with Gasteiger partial charge in [-0.3, -0.25) is 14.2 Å². The Kier molecular flexibility index (Phi) is 4.96. The molecule has 0 aliphatic carbocycles. The van der Waals surface area contributed by atoms with Crippen LogP contribution in [0, 0.1) is 0 Å². The van der Waals surface area contributed by atoms with Crippen molar-refractivity contribution >= 4 is 17.4 Å². The summed E-state index contributed by atoms with van der Waals surface area (Å²) < 4.78 is 49.2. The summed E-state index contributed by atoms with van der Waals surface area (Å²) in [4.78, 5) is 16.1. The van der Waals surface area contributed by atoms with Crippen molar-refractivity contribution in [3.8, 4) is 11.1 Å². The Balaban J connectivity index is 1.39. The molecule has 5 heterocycles. The maximum Gasteiger partial charge on any atom is 0.435 e. The van der Waals surface area contributed by atoms with Crippen LogP contribution in [0.25, 0.3) is 11.1 Å². The fourth-order valence-electron chi connectivity index (χ4n) is 5.28. The summed E-state index contributed by atoms with van der Waals surface area (Å²) in [7, 11) is 1.49. The lowest BCUT2D eigenvalue weighted by Gasteiger charge is -2.31. The van der Waals surface area contributed by atoms with Gasteiger partial charge in [-0.15, -0.1) is 0 Å². The predicted molar refractivity (Wildman–Crippen MR) is 121 cm³/mol. The average Bonchev–Trinajstić information content (AvgIpc) is 3.46. The topological polar surface area (TPSA) is 68.4 Å². The maximum absolute atomic E-state index is 13.5. The van der Waals surface area contributed by atoms with Gasteiger partial charge in [0.05, 0.1) is 25.8 Å². The zero-order chi connectivity index (χ0) is 24.5. The van der Waals surface area contributed by atoms with Crippen LogP contribution in [0.4, 0.5) is 24.7 Å². The van der Waals surface area contributed by atoms with E-state index in [4.69, 9.17) is 9.84 Å². The Morgan fingerprint density at radius 3 is 2.63 bits per heavy atom. The Morgan fingerprint density at radius 1 is 1.14 bits per heavy atom. The third-order valence-electron chi connectivity index (χ3n) is 7.12. The molecule has 35 heavy (non-hydrogen) atoms. The van der Waals surface area contributed by atoms with Crippen molar-refractivity contribution < 1.29 is 22.7 Å². The van der Waals surface area contributed by atoms with Crippen molar-refractivity contribution in [1.82, 2.24) is 24.5 Å². The van der Waals surface area contributed by atoms with E-state index in [0.717, 1.165) is 34.7 Å². The smallest absolute Gasteiger partial charge is 0.377 e. The largest absolute Gasteiger partial charge is 0.435 e. The average molecular weight is 486 g/mol. The van der Waals surface area contributed by atoms with Gasteiger partial charge in [0.15, 0.2) is 11.5 Å². The Bertz CT molecular complexity index is 1320. The van der Waals surface area contributed by atoms with Crippen molar-refractivity contribution in [3.05, 3.63) is 46.9 Å². The molecule has 0 N–H and O–H groups in total. The van der Waals surface area contributed by atoms with Crippen LogP contribution in [-0.4, -0.2) is 56.7 Å². The van der Waals surface area contributed by atoms with Crippen molar-refractivity contribution in [3.63, 3.8) is 0 Å². The number of hydrogen-bond acceptors (Lipinski definition) is 5. The second-order valence-corrected chi connectivity index (χ2v) is 9.38. The number of carbonyl (C=O) groups excluding carboxylic acids is 1. The van der Waals surface area contributed by atoms with Crippen molar-refractivity contribution in [2.24, 2.45) is 7.05 Å². The van der Waals surface area contributed by atoms with E-state index in [-0.39, 0.29) is 17.5 Å². The quantitative estimate of drug-likeness (QED) is 0.567. The van der Waals surface area contributed by atoms with Gasteiger partial charge in [-0.2, -0.15) is 23.4 Å². The molecule has 1 aromatic carbocycles. The molecule has 1 saturated heterocycles. The number of anilines is 2. The highest BCUT2D eigenvalue weighted by Crippen LogP contribution is 2.42.